The van der Waals surface area contributed by atoms with E-state index in [9.17, 15) is 4.79 Å². The predicted molar refractivity (Wildman–Crippen MR) is 78.6 cm³/mol. The van der Waals surface area contributed by atoms with Gasteiger partial charge in [-0.2, -0.15) is 0 Å². The normalized spacial score (nSPS) is 12.1. The molecule has 0 aliphatic carbocycles. The molecule has 0 aliphatic heterocycles. The second-order valence-corrected chi connectivity index (χ2v) is 4.84. The van der Waals surface area contributed by atoms with E-state index >= 15 is 0 Å². The molecule has 1 rings (SSSR count). The molecule has 1 amide bonds. The van der Waals surface area contributed by atoms with E-state index < -0.39 is 6.04 Å². The lowest BCUT2D eigenvalue weighted by Crippen LogP contribution is -2.35. The summed E-state index contributed by atoms with van der Waals surface area (Å²) in [6.45, 7) is 7.38. The van der Waals surface area contributed by atoms with Crippen molar-refractivity contribution < 1.29 is 9.53 Å². The van der Waals surface area contributed by atoms with Crippen LogP contribution in [0, 0.1) is 0 Å². The molecule has 0 aromatic heterocycles. The fourth-order valence-corrected chi connectivity index (χ4v) is 1.67. The number of anilines is 1. The zero-order chi connectivity index (χ0) is 14.4. The number of hydrogen-bond acceptors (Lipinski definition) is 3. The van der Waals surface area contributed by atoms with E-state index in [1.54, 1.807) is 24.3 Å². The van der Waals surface area contributed by atoms with Crippen LogP contribution in [0.2, 0.25) is 5.02 Å². The molecular formula is C14H19ClN2O2. The van der Waals surface area contributed by atoms with Crippen molar-refractivity contribution in [3.63, 3.8) is 0 Å². The molecule has 0 radical (unpaired) electrons. The van der Waals surface area contributed by atoms with Gasteiger partial charge in [0.2, 0.25) is 5.91 Å². The molecule has 1 unspecified atom stereocenters. The third-order valence-electron chi connectivity index (χ3n) is 2.32. The molecule has 1 atom stereocenters. The average molecular weight is 283 g/mol. The Hall–Kier alpha value is -1.52. The van der Waals surface area contributed by atoms with Crippen molar-refractivity contribution in [1.82, 2.24) is 0 Å². The molecule has 4 nitrogen and oxygen atoms in total. The number of nitrogens with two attached hydrogens (primary N) is 1. The van der Waals surface area contributed by atoms with Crippen LogP contribution in [0.25, 0.3) is 0 Å². The second-order valence-electron chi connectivity index (χ2n) is 4.43. The molecule has 0 aliphatic rings. The van der Waals surface area contributed by atoms with E-state index in [2.05, 4.69) is 11.9 Å². The minimum atomic E-state index is -0.608. The number of halogens is 1. The Balaban J connectivity index is 2.73. The van der Waals surface area contributed by atoms with Crippen molar-refractivity contribution in [1.29, 1.82) is 0 Å². The van der Waals surface area contributed by atoms with Gasteiger partial charge in [0.1, 0.15) is 5.75 Å². The van der Waals surface area contributed by atoms with Crippen LogP contribution in [-0.2, 0) is 4.79 Å². The number of hydrogen-bond donors (Lipinski definition) is 2. The Morgan fingerprint density at radius 2 is 2.26 bits per heavy atom. The first-order chi connectivity index (χ1) is 8.93. The summed E-state index contributed by atoms with van der Waals surface area (Å²) in [5.41, 5.74) is 6.26. The number of ether oxygens (including phenoxy) is 1. The van der Waals surface area contributed by atoms with E-state index in [0.717, 1.165) is 0 Å². The molecular weight excluding hydrogens is 264 g/mol. The summed E-state index contributed by atoms with van der Waals surface area (Å²) in [4.78, 5) is 11.7. The zero-order valence-corrected chi connectivity index (χ0v) is 11.9. The third-order valence-corrected chi connectivity index (χ3v) is 2.61. The molecule has 0 spiro atoms. The topological polar surface area (TPSA) is 64.4 Å². The first kappa shape index (κ1) is 15.5. The predicted octanol–water partition coefficient (Wildman–Crippen LogP) is 2.97. The number of carbonyl (C=O) groups excluding carboxylic acids is 1. The SMILES string of the molecule is C=CCC(N)C(=O)Nc1ccc(OC(C)C)c(Cl)c1. The minimum absolute atomic E-state index is 0.0407. The van der Waals surface area contributed by atoms with Crippen LogP contribution in [0.1, 0.15) is 20.3 Å². The molecule has 0 bridgehead atoms. The highest BCUT2D eigenvalue weighted by Gasteiger charge is 2.12. The quantitative estimate of drug-likeness (QED) is 0.789. The van der Waals surface area contributed by atoms with Gasteiger partial charge in [-0.3, -0.25) is 4.79 Å². The summed E-state index contributed by atoms with van der Waals surface area (Å²) >= 11 is 6.07. The van der Waals surface area contributed by atoms with Gasteiger partial charge >= 0.3 is 0 Å². The molecule has 5 heteroatoms. The highest BCUT2D eigenvalue weighted by molar-refractivity contribution is 6.32. The minimum Gasteiger partial charge on any atom is -0.489 e. The first-order valence-electron chi connectivity index (χ1n) is 6.07. The zero-order valence-electron chi connectivity index (χ0n) is 11.2. The van der Waals surface area contributed by atoms with Gasteiger partial charge in [-0.15, -0.1) is 6.58 Å². The van der Waals surface area contributed by atoms with Gasteiger partial charge < -0.3 is 15.8 Å². The maximum atomic E-state index is 11.7. The van der Waals surface area contributed by atoms with Crippen LogP contribution < -0.4 is 15.8 Å². The summed E-state index contributed by atoms with van der Waals surface area (Å²) in [5.74, 6) is 0.318. The molecule has 104 valence electrons. The van der Waals surface area contributed by atoms with Crippen LogP contribution in [0.4, 0.5) is 5.69 Å². The average Bonchev–Trinajstić information content (AvgIpc) is 2.32. The van der Waals surface area contributed by atoms with E-state index in [1.165, 1.54) is 0 Å². The first-order valence-corrected chi connectivity index (χ1v) is 6.45. The number of rotatable bonds is 6. The molecule has 0 saturated carbocycles. The molecule has 19 heavy (non-hydrogen) atoms. The maximum Gasteiger partial charge on any atom is 0.241 e. The van der Waals surface area contributed by atoms with E-state index in [4.69, 9.17) is 22.1 Å². The van der Waals surface area contributed by atoms with Gasteiger partial charge in [-0.1, -0.05) is 17.7 Å². The van der Waals surface area contributed by atoms with Gasteiger partial charge in [0.15, 0.2) is 0 Å². The molecule has 0 fully saturated rings. The Kier molecular flexibility index (Phi) is 5.86. The van der Waals surface area contributed by atoms with Gasteiger partial charge in [-0.25, -0.2) is 0 Å². The molecule has 0 saturated heterocycles. The third kappa shape index (κ3) is 4.93. The van der Waals surface area contributed by atoms with Crippen LogP contribution in [-0.4, -0.2) is 18.1 Å². The van der Waals surface area contributed by atoms with Crippen LogP contribution in [0.5, 0.6) is 5.75 Å². The van der Waals surface area contributed by atoms with Gasteiger partial charge in [0, 0.05) is 5.69 Å². The Labute approximate surface area is 118 Å². The summed E-state index contributed by atoms with van der Waals surface area (Å²) in [6, 6.07) is 4.47. The fourth-order valence-electron chi connectivity index (χ4n) is 1.45. The highest BCUT2D eigenvalue weighted by Crippen LogP contribution is 2.28. The Morgan fingerprint density at radius 3 is 2.79 bits per heavy atom. The van der Waals surface area contributed by atoms with Crippen molar-refractivity contribution in [2.24, 2.45) is 5.73 Å². The summed E-state index contributed by atoms with van der Waals surface area (Å²) < 4.78 is 5.51. The van der Waals surface area contributed by atoms with Crippen molar-refractivity contribution in [3.05, 3.63) is 35.9 Å². The number of amides is 1. The van der Waals surface area contributed by atoms with Crippen molar-refractivity contribution in [2.45, 2.75) is 32.4 Å². The van der Waals surface area contributed by atoms with E-state index in [1.807, 2.05) is 13.8 Å². The Bertz CT molecular complexity index is 461. The van der Waals surface area contributed by atoms with Crippen molar-refractivity contribution >= 4 is 23.2 Å². The lowest BCUT2D eigenvalue weighted by atomic mass is 10.2. The lowest BCUT2D eigenvalue weighted by Gasteiger charge is -2.14. The van der Waals surface area contributed by atoms with Crippen molar-refractivity contribution in [3.8, 4) is 5.75 Å². The summed E-state index contributed by atoms with van der Waals surface area (Å²) in [6.07, 6.45) is 2.07. The number of nitrogens with one attached hydrogen (secondary N) is 1. The Morgan fingerprint density at radius 1 is 1.58 bits per heavy atom. The molecule has 1 aromatic carbocycles. The van der Waals surface area contributed by atoms with Crippen LogP contribution in [0.3, 0.4) is 0 Å². The van der Waals surface area contributed by atoms with Gasteiger partial charge in [0.25, 0.3) is 0 Å². The maximum absolute atomic E-state index is 11.7. The standard InChI is InChI=1S/C14H19ClN2O2/c1-4-5-12(16)14(18)17-10-6-7-13(11(15)8-10)19-9(2)3/h4,6-9,12H,1,5,16H2,2-3H3,(H,17,18). The molecule has 0 heterocycles. The smallest absolute Gasteiger partial charge is 0.241 e. The highest BCUT2D eigenvalue weighted by atomic mass is 35.5. The number of benzene rings is 1. The molecule has 3 N–H and O–H groups in total. The van der Waals surface area contributed by atoms with Crippen molar-refractivity contribution in [2.75, 3.05) is 5.32 Å². The van der Waals surface area contributed by atoms with Gasteiger partial charge in [-0.05, 0) is 38.5 Å². The van der Waals surface area contributed by atoms with Crippen LogP contribution >= 0.6 is 11.6 Å². The molecule has 1 aromatic rings. The van der Waals surface area contributed by atoms with E-state index in [0.29, 0.717) is 22.9 Å². The van der Waals surface area contributed by atoms with Crippen LogP contribution in [0.15, 0.2) is 30.9 Å². The van der Waals surface area contributed by atoms with E-state index in [-0.39, 0.29) is 12.0 Å². The lowest BCUT2D eigenvalue weighted by molar-refractivity contribution is -0.117. The second kappa shape index (κ2) is 7.16. The largest absolute Gasteiger partial charge is 0.489 e. The van der Waals surface area contributed by atoms with Gasteiger partial charge in [0.05, 0.1) is 17.2 Å². The summed E-state index contributed by atoms with van der Waals surface area (Å²) in [5, 5.41) is 3.14. The summed E-state index contributed by atoms with van der Waals surface area (Å²) in [7, 11) is 0. The monoisotopic (exact) mass is 282 g/mol. The number of carbonyl (C=O) groups is 1. The fraction of sp³-hybridized carbons (Fsp3) is 0.357.